The molecule has 1 atom stereocenters. The second-order valence-corrected chi connectivity index (χ2v) is 8.60. The van der Waals surface area contributed by atoms with E-state index in [1.165, 1.54) is 32.4 Å². The molecule has 0 spiro atoms. The van der Waals surface area contributed by atoms with E-state index >= 15 is 0 Å². The van der Waals surface area contributed by atoms with Crippen molar-refractivity contribution in [2.75, 3.05) is 14.2 Å². The largest absolute Gasteiger partial charge is 0.497 e. The maximum Gasteiger partial charge on any atom is 0.323 e. The smallest absolute Gasteiger partial charge is 0.323 e. The number of sulfonamides is 1. The molecule has 162 valence electrons. The third kappa shape index (κ3) is 4.05. The van der Waals surface area contributed by atoms with Crippen molar-refractivity contribution in [3.63, 3.8) is 0 Å². The number of aromatic nitrogens is 4. The van der Waals surface area contributed by atoms with Gasteiger partial charge < -0.3 is 24.0 Å². The number of aryl methyl sites for hydroxylation is 1. The molecule has 0 fully saturated rings. The van der Waals surface area contributed by atoms with Crippen LogP contribution in [0.25, 0.3) is 11.0 Å². The Bertz CT molecular complexity index is 1380. The fourth-order valence-corrected chi connectivity index (χ4v) is 4.53. The van der Waals surface area contributed by atoms with Crippen LogP contribution in [0, 0.1) is 0 Å². The number of hydrogen-bond donors (Lipinski definition) is 3. The Labute approximate surface area is 177 Å². The van der Waals surface area contributed by atoms with Crippen LogP contribution in [0.15, 0.2) is 58.5 Å². The lowest BCUT2D eigenvalue weighted by molar-refractivity contribution is 0.392. The number of rotatable bonds is 7. The number of benzene rings is 2. The highest BCUT2D eigenvalue weighted by atomic mass is 32.2. The first-order valence-corrected chi connectivity index (χ1v) is 10.7. The quantitative estimate of drug-likeness (QED) is 0.398. The number of hydrogen-bond acceptors (Lipinski definition) is 6. The molecule has 2 heterocycles. The Morgan fingerprint density at radius 1 is 1.03 bits per heavy atom. The molecule has 4 aromatic rings. The molecule has 31 heavy (non-hydrogen) atoms. The van der Waals surface area contributed by atoms with Crippen molar-refractivity contribution in [1.82, 2.24) is 24.2 Å². The van der Waals surface area contributed by atoms with Crippen molar-refractivity contribution in [3.8, 4) is 11.5 Å². The average Bonchev–Trinajstić information content (AvgIpc) is 3.35. The predicted octanol–water partition coefficient (Wildman–Crippen LogP) is 1.67. The van der Waals surface area contributed by atoms with E-state index in [0.29, 0.717) is 33.9 Å². The van der Waals surface area contributed by atoms with Crippen molar-refractivity contribution in [1.29, 1.82) is 0 Å². The second kappa shape index (κ2) is 7.93. The van der Waals surface area contributed by atoms with Gasteiger partial charge in [0.2, 0.25) is 10.0 Å². The predicted molar refractivity (Wildman–Crippen MR) is 114 cm³/mol. The summed E-state index contributed by atoms with van der Waals surface area (Å²) in [7, 11) is 0.821. The van der Waals surface area contributed by atoms with Crippen LogP contribution in [0.5, 0.6) is 11.5 Å². The van der Waals surface area contributed by atoms with Gasteiger partial charge in [-0.05, 0) is 35.9 Å². The number of methoxy groups -OCH3 is 2. The molecular formula is C20H21N5O5S. The number of imidazole rings is 2. The summed E-state index contributed by atoms with van der Waals surface area (Å²) in [6, 6.07) is 8.67. The molecule has 0 aliphatic heterocycles. The van der Waals surface area contributed by atoms with Gasteiger partial charge in [0.25, 0.3) is 0 Å². The van der Waals surface area contributed by atoms with Crippen molar-refractivity contribution in [2.24, 2.45) is 7.05 Å². The highest BCUT2D eigenvalue weighted by molar-refractivity contribution is 7.89. The molecule has 4 rings (SSSR count). The molecule has 3 N–H and O–H groups in total. The van der Waals surface area contributed by atoms with Gasteiger partial charge in [-0.2, -0.15) is 4.72 Å². The third-order valence-electron chi connectivity index (χ3n) is 4.89. The van der Waals surface area contributed by atoms with Crippen LogP contribution in [0.4, 0.5) is 0 Å². The van der Waals surface area contributed by atoms with E-state index in [0.717, 1.165) is 0 Å². The molecular weight excluding hydrogens is 422 g/mol. The Kier molecular flexibility index (Phi) is 5.29. The van der Waals surface area contributed by atoms with E-state index in [9.17, 15) is 13.2 Å². The highest BCUT2D eigenvalue weighted by Gasteiger charge is 2.27. The van der Waals surface area contributed by atoms with E-state index in [4.69, 9.17) is 9.47 Å². The van der Waals surface area contributed by atoms with E-state index in [1.54, 1.807) is 42.2 Å². The van der Waals surface area contributed by atoms with Gasteiger partial charge in [0, 0.05) is 25.5 Å². The highest BCUT2D eigenvalue weighted by Crippen LogP contribution is 2.30. The number of nitrogens with one attached hydrogen (secondary N) is 3. The fourth-order valence-electron chi connectivity index (χ4n) is 3.32. The number of ether oxygens (including phenoxy) is 2. The zero-order valence-corrected chi connectivity index (χ0v) is 17.9. The molecule has 2 aromatic heterocycles. The summed E-state index contributed by atoms with van der Waals surface area (Å²) < 4.78 is 41.7. The van der Waals surface area contributed by atoms with Crippen molar-refractivity contribution >= 4 is 21.1 Å². The Hall–Kier alpha value is -3.57. The summed E-state index contributed by atoms with van der Waals surface area (Å²) in [6.45, 7) is 0. The molecule has 0 bridgehead atoms. The summed E-state index contributed by atoms with van der Waals surface area (Å²) in [5, 5.41) is 0. The monoisotopic (exact) mass is 443 g/mol. The van der Waals surface area contributed by atoms with Crippen molar-refractivity contribution < 1.29 is 17.9 Å². The van der Waals surface area contributed by atoms with Crippen LogP contribution >= 0.6 is 0 Å². The summed E-state index contributed by atoms with van der Waals surface area (Å²) in [5.41, 5.74) is 1.09. The molecule has 0 radical (unpaired) electrons. The van der Waals surface area contributed by atoms with Gasteiger partial charge >= 0.3 is 5.69 Å². The van der Waals surface area contributed by atoms with Gasteiger partial charge in [0.1, 0.15) is 23.4 Å². The first-order valence-electron chi connectivity index (χ1n) is 9.25. The SMILES string of the molecule is COc1cc(OC)cc([C@H](NS(=O)(=O)c2ccc3[nH]c(=O)[nH]c3c2)c2nccn2C)c1. The minimum atomic E-state index is -3.99. The Morgan fingerprint density at radius 2 is 1.71 bits per heavy atom. The summed E-state index contributed by atoms with van der Waals surface area (Å²) >= 11 is 0. The molecule has 2 aromatic carbocycles. The summed E-state index contributed by atoms with van der Waals surface area (Å²) in [5.74, 6) is 1.51. The lowest BCUT2D eigenvalue weighted by Crippen LogP contribution is -2.31. The molecule has 0 unspecified atom stereocenters. The average molecular weight is 443 g/mol. The van der Waals surface area contributed by atoms with Gasteiger partial charge in [-0.3, -0.25) is 0 Å². The molecule has 11 heteroatoms. The van der Waals surface area contributed by atoms with Crippen LogP contribution in [0.2, 0.25) is 0 Å². The molecule has 0 saturated heterocycles. The molecule has 0 amide bonds. The van der Waals surface area contributed by atoms with E-state index in [2.05, 4.69) is 19.7 Å². The van der Waals surface area contributed by atoms with E-state index in [1.807, 2.05) is 0 Å². The molecule has 10 nitrogen and oxygen atoms in total. The Morgan fingerprint density at radius 3 is 2.32 bits per heavy atom. The Balaban J connectivity index is 1.81. The third-order valence-corrected chi connectivity index (χ3v) is 6.32. The van der Waals surface area contributed by atoms with Crippen molar-refractivity contribution in [2.45, 2.75) is 10.9 Å². The van der Waals surface area contributed by atoms with Gasteiger partial charge in [0.05, 0.1) is 30.1 Å². The van der Waals surface area contributed by atoms with Crippen LogP contribution in [0.1, 0.15) is 17.4 Å². The lowest BCUT2D eigenvalue weighted by Gasteiger charge is -2.20. The molecule has 0 aliphatic carbocycles. The zero-order chi connectivity index (χ0) is 22.2. The topological polar surface area (TPSA) is 131 Å². The van der Waals surface area contributed by atoms with E-state index in [-0.39, 0.29) is 4.90 Å². The normalized spacial score (nSPS) is 12.7. The first kappa shape index (κ1) is 20.7. The van der Waals surface area contributed by atoms with Gasteiger partial charge in [-0.15, -0.1) is 0 Å². The van der Waals surface area contributed by atoms with Crippen LogP contribution in [-0.4, -0.2) is 42.2 Å². The summed E-state index contributed by atoms with van der Waals surface area (Å²) in [6.07, 6.45) is 3.31. The van der Waals surface area contributed by atoms with Gasteiger partial charge in [-0.1, -0.05) is 0 Å². The maximum absolute atomic E-state index is 13.3. The van der Waals surface area contributed by atoms with Gasteiger partial charge in [0.15, 0.2) is 0 Å². The number of fused-ring (bicyclic) bond motifs is 1. The second-order valence-electron chi connectivity index (χ2n) is 6.88. The van der Waals surface area contributed by atoms with Crippen molar-refractivity contribution in [3.05, 3.63) is 70.7 Å². The lowest BCUT2D eigenvalue weighted by atomic mass is 10.1. The minimum absolute atomic E-state index is 0.00400. The number of H-pyrrole nitrogens is 2. The zero-order valence-electron chi connectivity index (χ0n) is 17.0. The molecule has 0 aliphatic rings. The minimum Gasteiger partial charge on any atom is -0.497 e. The summed E-state index contributed by atoms with van der Waals surface area (Å²) in [4.78, 5) is 21.0. The van der Waals surface area contributed by atoms with Crippen LogP contribution in [0.3, 0.4) is 0 Å². The van der Waals surface area contributed by atoms with E-state index < -0.39 is 21.8 Å². The van der Waals surface area contributed by atoms with Crippen LogP contribution in [-0.2, 0) is 17.1 Å². The van der Waals surface area contributed by atoms with Crippen LogP contribution < -0.4 is 19.9 Å². The first-order chi connectivity index (χ1) is 14.8. The molecule has 0 saturated carbocycles. The number of aromatic amines is 2. The van der Waals surface area contributed by atoms with Gasteiger partial charge in [-0.25, -0.2) is 18.2 Å². The number of nitrogens with zero attached hydrogens (tertiary/aromatic N) is 2. The fraction of sp³-hybridized carbons (Fsp3) is 0.200. The maximum atomic E-state index is 13.3. The standard InChI is InChI=1S/C20H21N5O5S/c1-25-7-6-21-19(25)18(12-8-13(29-2)10-14(9-12)30-3)24-31(27,28)15-4-5-16-17(11-15)23-20(26)22-16/h4-11,18,24H,1-3H3,(H2,22,23,26)/t18-/m0/s1.